The van der Waals surface area contributed by atoms with Gasteiger partial charge in [0.05, 0.1) is 5.60 Å². The second kappa shape index (κ2) is 6.20. The average Bonchev–Trinajstić information content (AvgIpc) is 2.28. The summed E-state index contributed by atoms with van der Waals surface area (Å²) < 4.78 is 6.44. The molecular formula is C13H18BrNO3. The summed E-state index contributed by atoms with van der Waals surface area (Å²) in [5.74, 6) is 0.324. The largest absolute Gasteiger partial charge is 0.481 e. The van der Waals surface area contributed by atoms with Gasteiger partial charge >= 0.3 is 0 Å². The molecule has 0 bridgehead atoms. The third-order valence-electron chi connectivity index (χ3n) is 1.95. The number of hydroxylamine groups is 1. The molecule has 1 N–H and O–H groups in total. The number of benzene rings is 1. The van der Waals surface area contributed by atoms with E-state index < -0.39 is 11.7 Å². The van der Waals surface area contributed by atoms with Gasteiger partial charge in [0.25, 0.3) is 5.91 Å². The fourth-order valence-corrected chi connectivity index (χ4v) is 1.32. The van der Waals surface area contributed by atoms with Crippen LogP contribution < -0.4 is 10.2 Å². The van der Waals surface area contributed by atoms with Gasteiger partial charge in [-0.15, -0.1) is 0 Å². The number of amides is 1. The molecule has 0 heterocycles. The standard InChI is InChI=1S/C13H18BrNO3/c1-9(12(16)15-18-13(2,3)4)17-11-7-5-10(14)6-8-11/h5-9H,1-4H3,(H,15,16). The van der Waals surface area contributed by atoms with E-state index in [1.807, 2.05) is 32.9 Å². The summed E-state index contributed by atoms with van der Waals surface area (Å²) >= 11 is 3.33. The predicted octanol–water partition coefficient (Wildman–Crippen LogP) is 3.06. The van der Waals surface area contributed by atoms with Crippen LogP contribution in [0.4, 0.5) is 0 Å². The highest BCUT2D eigenvalue weighted by Gasteiger charge is 2.18. The van der Waals surface area contributed by atoms with Crippen LogP contribution in [0, 0.1) is 0 Å². The Morgan fingerprint density at radius 3 is 2.33 bits per heavy atom. The van der Waals surface area contributed by atoms with E-state index in [2.05, 4.69) is 21.4 Å². The van der Waals surface area contributed by atoms with E-state index >= 15 is 0 Å². The third kappa shape index (κ3) is 5.51. The highest BCUT2D eigenvalue weighted by atomic mass is 79.9. The molecule has 0 aliphatic heterocycles. The van der Waals surface area contributed by atoms with Crippen molar-refractivity contribution in [2.45, 2.75) is 39.4 Å². The van der Waals surface area contributed by atoms with Crippen molar-refractivity contribution in [3.8, 4) is 5.75 Å². The van der Waals surface area contributed by atoms with E-state index in [4.69, 9.17) is 9.57 Å². The van der Waals surface area contributed by atoms with Gasteiger partial charge in [-0.2, -0.15) is 0 Å². The molecule has 4 nitrogen and oxygen atoms in total. The Morgan fingerprint density at radius 2 is 1.83 bits per heavy atom. The number of hydrogen-bond donors (Lipinski definition) is 1. The zero-order valence-electron chi connectivity index (χ0n) is 11.0. The molecule has 18 heavy (non-hydrogen) atoms. The lowest BCUT2D eigenvalue weighted by atomic mass is 10.2. The lowest BCUT2D eigenvalue weighted by molar-refractivity contribution is -0.151. The third-order valence-corrected chi connectivity index (χ3v) is 2.48. The van der Waals surface area contributed by atoms with E-state index in [1.165, 1.54) is 0 Å². The van der Waals surface area contributed by atoms with Gasteiger partial charge in [-0.1, -0.05) is 15.9 Å². The average molecular weight is 316 g/mol. The maximum Gasteiger partial charge on any atom is 0.284 e. The molecule has 0 saturated carbocycles. The van der Waals surface area contributed by atoms with Gasteiger partial charge in [0.2, 0.25) is 0 Å². The molecule has 1 unspecified atom stereocenters. The summed E-state index contributed by atoms with van der Waals surface area (Å²) in [6, 6.07) is 7.29. The molecule has 1 atom stereocenters. The fraction of sp³-hybridized carbons (Fsp3) is 0.462. The van der Waals surface area contributed by atoms with Crippen molar-refractivity contribution >= 4 is 21.8 Å². The van der Waals surface area contributed by atoms with Gasteiger partial charge in [0, 0.05) is 4.47 Å². The Bertz CT molecular complexity index is 398. The Kier molecular flexibility index (Phi) is 5.16. The van der Waals surface area contributed by atoms with Crippen molar-refractivity contribution in [3.05, 3.63) is 28.7 Å². The number of nitrogens with one attached hydrogen (secondary N) is 1. The predicted molar refractivity (Wildman–Crippen MR) is 73.2 cm³/mol. The van der Waals surface area contributed by atoms with Crippen LogP contribution in [0.25, 0.3) is 0 Å². The summed E-state index contributed by atoms with van der Waals surface area (Å²) in [6.45, 7) is 7.23. The second-order valence-corrected chi connectivity index (χ2v) is 5.81. The van der Waals surface area contributed by atoms with Crippen LogP contribution in [0.5, 0.6) is 5.75 Å². The fourth-order valence-electron chi connectivity index (χ4n) is 1.06. The minimum Gasteiger partial charge on any atom is -0.481 e. The molecule has 0 fully saturated rings. The normalized spacial score (nSPS) is 12.9. The summed E-state index contributed by atoms with van der Waals surface area (Å²) in [5.41, 5.74) is 1.96. The number of carbonyl (C=O) groups excluding carboxylic acids is 1. The minimum absolute atomic E-state index is 0.312. The molecule has 1 amide bonds. The monoisotopic (exact) mass is 315 g/mol. The number of rotatable bonds is 4. The van der Waals surface area contributed by atoms with Crippen molar-refractivity contribution in [1.82, 2.24) is 5.48 Å². The quantitative estimate of drug-likeness (QED) is 0.869. The van der Waals surface area contributed by atoms with Gasteiger partial charge in [0.15, 0.2) is 6.10 Å². The topological polar surface area (TPSA) is 47.6 Å². The molecule has 1 rings (SSSR count). The van der Waals surface area contributed by atoms with Crippen LogP contribution in [0.2, 0.25) is 0 Å². The first-order chi connectivity index (χ1) is 8.28. The van der Waals surface area contributed by atoms with E-state index in [0.29, 0.717) is 5.75 Å². The zero-order valence-corrected chi connectivity index (χ0v) is 12.6. The Balaban J connectivity index is 2.47. The van der Waals surface area contributed by atoms with Gasteiger partial charge < -0.3 is 4.74 Å². The molecule has 0 aliphatic rings. The molecule has 0 saturated heterocycles. The van der Waals surface area contributed by atoms with Gasteiger partial charge in [-0.05, 0) is 52.0 Å². The smallest absolute Gasteiger partial charge is 0.284 e. The van der Waals surface area contributed by atoms with E-state index in [-0.39, 0.29) is 5.91 Å². The van der Waals surface area contributed by atoms with E-state index in [0.717, 1.165) is 4.47 Å². The number of ether oxygens (including phenoxy) is 1. The Labute approximate surface area is 116 Å². The number of carbonyl (C=O) groups is 1. The maximum atomic E-state index is 11.7. The first-order valence-corrected chi connectivity index (χ1v) is 6.47. The minimum atomic E-state index is -0.617. The van der Waals surface area contributed by atoms with E-state index in [9.17, 15) is 4.79 Å². The van der Waals surface area contributed by atoms with Crippen LogP contribution >= 0.6 is 15.9 Å². The number of hydrogen-bond acceptors (Lipinski definition) is 3. The zero-order chi connectivity index (χ0) is 13.8. The summed E-state index contributed by atoms with van der Waals surface area (Å²) in [7, 11) is 0. The maximum absolute atomic E-state index is 11.7. The van der Waals surface area contributed by atoms with Crippen LogP contribution in [0.15, 0.2) is 28.7 Å². The first kappa shape index (κ1) is 15.0. The van der Waals surface area contributed by atoms with Crippen LogP contribution in [-0.2, 0) is 9.63 Å². The molecule has 1 aromatic rings. The van der Waals surface area contributed by atoms with Crippen molar-refractivity contribution in [1.29, 1.82) is 0 Å². The molecule has 5 heteroatoms. The van der Waals surface area contributed by atoms with E-state index in [1.54, 1.807) is 19.1 Å². The molecular weight excluding hydrogens is 298 g/mol. The van der Waals surface area contributed by atoms with Crippen LogP contribution in [-0.4, -0.2) is 17.6 Å². The molecule has 0 aliphatic carbocycles. The van der Waals surface area contributed by atoms with Crippen LogP contribution in [0.1, 0.15) is 27.7 Å². The van der Waals surface area contributed by atoms with Crippen molar-refractivity contribution in [2.24, 2.45) is 0 Å². The summed E-state index contributed by atoms with van der Waals surface area (Å²) in [4.78, 5) is 16.9. The molecule has 0 radical (unpaired) electrons. The van der Waals surface area contributed by atoms with Gasteiger partial charge in [-0.3, -0.25) is 9.63 Å². The highest BCUT2D eigenvalue weighted by molar-refractivity contribution is 9.10. The molecule has 0 spiro atoms. The van der Waals surface area contributed by atoms with Crippen LogP contribution in [0.3, 0.4) is 0 Å². The van der Waals surface area contributed by atoms with Crippen molar-refractivity contribution in [2.75, 3.05) is 0 Å². The molecule has 1 aromatic carbocycles. The first-order valence-electron chi connectivity index (χ1n) is 5.68. The Morgan fingerprint density at radius 1 is 1.28 bits per heavy atom. The lowest BCUT2D eigenvalue weighted by Crippen LogP contribution is -2.40. The Hall–Kier alpha value is -1.07. The summed E-state index contributed by atoms with van der Waals surface area (Å²) in [6.07, 6.45) is -0.617. The number of halogens is 1. The second-order valence-electron chi connectivity index (χ2n) is 4.89. The van der Waals surface area contributed by atoms with Gasteiger partial charge in [-0.25, -0.2) is 5.48 Å². The van der Waals surface area contributed by atoms with Crippen molar-refractivity contribution < 1.29 is 14.4 Å². The molecule has 0 aromatic heterocycles. The highest BCUT2D eigenvalue weighted by Crippen LogP contribution is 2.17. The lowest BCUT2D eigenvalue weighted by Gasteiger charge is -2.21. The summed E-state index contributed by atoms with van der Waals surface area (Å²) in [5, 5.41) is 0. The van der Waals surface area contributed by atoms with Crippen molar-refractivity contribution in [3.63, 3.8) is 0 Å². The SMILES string of the molecule is CC(Oc1ccc(Br)cc1)C(=O)NOC(C)(C)C. The molecule has 100 valence electrons. The van der Waals surface area contributed by atoms with Gasteiger partial charge in [0.1, 0.15) is 5.75 Å².